The van der Waals surface area contributed by atoms with Gasteiger partial charge in [-0.25, -0.2) is 9.18 Å². The quantitative estimate of drug-likeness (QED) is 0.204. The molecule has 0 spiro atoms. The number of alkyl halides is 3. The summed E-state index contributed by atoms with van der Waals surface area (Å²) < 4.78 is 61.9. The highest BCUT2D eigenvalue weighted by molar-refractivity contribution is 7.99. The van der Waals surface area contributed by atoms with Gasteiger partial charge in [-0.15, -0.1) is 23.1 Å². The number of halogens is 4. The van der Waals surface area contributed by atoms with Crippen molar-refractivity contribution >= 4 is 60.8 Å². The molecule has 0 radical (unpaired) electrons. The molecule has 1 unspecified atom stereocenters. The van der Waals surface area contributed by atoms with Crippen molar-refractivity contribution in [2.24, 2.45) is 0 Å². The third-order valence-corrected chi connectivity index (χ3v) is 10.6. The Kier molecular flexibility index (Phi) is 7.57. The maximum Gasteiger partial charge on any atom is 0.417 e. The van der Waals surface area contributed by atoms with Crippen LogP contribution in [0.1, 0.15) is 30.5 Å². The molecule has 0 bridgehead atoms. The van der Waals surface area contributed by atoms with Crippen molar-refractivity contribution in [2.45, 2.75) is 30.5 Å². The van der Waals surface area contributed by atoms with E-state index in [-0.39, 0.29) is 81.0 Å². The number of nitrogens with one attached hydrogen (secondary N) is 1. The molecule has 44 heavy (non-hydrogen) atoms. The maximum atomic E-state index is 15.1. The van der Waals surface area contributed by atoms with Crippen LogP contribution in [0.15, 0.2) is 40.5 Å². The number of anilines is 2. The lowest BCUT2D eigenvalue weighted by atomic mass is 9.92. The molecule has 6 rings (SSSR count). The Morgan fingerprint density at radius 3 is 2.61 bits per heavy atom. The summed E-state index contributed by atoms with van der Waals surface area (Å²) in [5.74, 6) is -0.446. The Hall–Kier alpha value is -4.09. The minimum absolute atomic E-state index is 0.0504. The van der Waals surface area contributed by atoms with Crippen LogP contribution in [0.3, 0.4) is 0 Å². The molecular formula is C30H26F4N6O2S2. The van der Waals surface area contributed by atoms with E-state index in [4.69, 9.17) is 0 Å². The summed E-state index contributed by atoms with van der Waals surface area (Å²) in [6.07, 6.45) is -3.08. The highest BCUT2D eigenvalue weighted by Gasteiger charge is 2.40. The van der Waals surface area contributed by atoms with E-state index in [1.165, 1.54) is 28.5 Å². The number of nitrogens with zero attached hydrogens (tertiary/aromatic N) is 5. The number of hydrogen-bond acceptors (Lipinski definition) is 8. The van der Waals surface area contributed by atoms with Gasteiger partial charge in [0.15, 0.2) is 0 Å². The van der Waals surface area contributed by atoms with Crippen LogP contribution in [0.5, 0.6) is 0 Å². The maximum absolute atomic E-state index is 15.1. The van der Waals surface area contributed by atoms with Crippen molar-refractivity contribution in [3.63, 3.8) is 0 Å². The minimum atomic E-state index is -4.84. The lowest BCUT2D eigenvalue weighted by molar-refractivity contribution is -0.137. The average Bonchev–Trinajstić information content (AvgIpc) is 3.41. The average molecular weight is 643 g/mol. The second-order valence-corrected chi connectivity index (χ2v) is 12.5. The fraction of sp³-hybridized carbons (Fsp3) is 0.333. The van der Waals surface area contributed by atoms with E-state index in [0.29, 0.717) is 22.7 Å². The van der Waals surface area contributed by atoms with Gasteiger partial charge in [-0.3, -0.25) is 9.36 Å². The molecule has 14 heteroatoms. The van der Waals surface area contributed by atoms with Gasteiger partial charge in [-0.1, -0.05) is 19.6 Å². The molecule has 2 aromatic carbocycles. The zero-order valence-electron chi connectivity index (χ0n) is 23.7. The number of hydrogen-bond donors (Lipinski definition) is 1. The second kappa shape index (κ2) is 11.1. The van der Waals surface area contributed by atoms with Gasteiger partial charge in [0.25, 0.3) is 0 Å². The zero-order valence-corrected chi connectivity index (χ0v) is 25.4. The first kappa shape index (κ1) is 30.0. The van der Waals surface area contributed by atoms with E-state index in [2.05, 4.69) is 16.9 Å². The van der Waals surface area contributed by atoms with Crippen LogP contribution in [0.25, 0.3) is 32.1 Å². The van der Waals surface area contributed by atoms with Crippen molar-refractivity contribution in [1.82, 2.24) is 14.5 Å². The number of piperazine rings is 1. The van der Waals surface area contributed by atoms with Gasteiger partial charge >= 0.3 is 11.9 Å². The summed E-state index contributed by atoms with van der Waals surface area (Å²) in [5, 5.41) is 13.5. The number of fused-ring (bicyclic) bond motifs is 1. The highest BCUT2D eigenvalue weighted by atomic mass is 32.2. The fourth-order valence-corrected chi connectivity index (χ4v) is 8.54. The molecule has 4 aromatic rings. The Labute approximate surface area is 257 Å². The summed E-state index contributed by atoms with van der Waals surface area (Å²) in [7, 11) is 1.56. The van der Waals surface area contributed by atoms with Gasteiger partial charge in [-0.2, -0.15) is 23.4 Å². The Morgan fingerprint density at radius 1 is 1.27 bits per heavy atom. The Bertz CT molecular complexity index is 1950. The predicted octanol–water partition coefficient (Wildman–Crippen LogP) is 6.24. The summed E-state index contributed by atoms with van der Waals surface area (Å²) in [6, 6.07) is 5.16. The van der Waals surface area contributed by atoms with Gasteiger partial charge in [-0.05, 0) is 30.2 Å². The summed E-state index contributed by atoms with van der Waals surface area (Å²) in [5.41, 5.74) is -1.30. The smallest absolute Gasteiger partial charge is 0.379 e. The number of rotatable bonds is 5. The number of benzene rings is 2. The number of carbonyl (C=O) groups is 1. The number of carbonyl (C=O) groups excluding carboxylic acids is 1. The molecule has 8 nitrogen and oxygen atoms in total. The van der Waals surface area contributed by atoms with Crippen molar-refractivity contribution in [3.05, 3.63) is 58.3 Å². The third-order valence-electron chi connectivity index (χ3n) is 8.17. The number of thiophene rings is 1. The number of nitriles is 1. The molecule has 2 aliphatic rings. The third kappa shape index (κ3) is 4.60. The molecule has 2 aliphatic heterocycles. The van der Waals surface area contributed by atoms with E-state index >= 15 is 17.6 Å². The van der Waals surface area contributed by atoms with Gasteiger partial charge in [0.1, 0.15) is 22.7 Å². The van der Waals surface area contributed by atoms with E-state index in [1.54, 1.807) is 16.8 Å². The van der Waals surface area contributed by atoms with Crippen LogP contribution in [0, 0.1) is 17.1 Å². The molecule has 1 saturated heterocycles. The van der Waals surface area contributed by atoms with Crippen molar-refractivity contribution in [1.29, 1.82) is 5.26 Å². The minimum Gasteiger partial charge on any atom is -0.379 e. The van der Waals surface area contributed by atoms with Crippen molar-refractivity contribution in [2.75, 3.05) is 49.2 Å². The van der Waals surface area contributed by atoms with Crippen LogP contribution < -0.4 is 15.9 Å². The topological polar surface area (TPSA) is 94.3 Å². The fourth-order valence-electron chi connectivity index (χ4n) is 6.05. The zero-order chi connectivity index (χ0) is 31.5. The van der Waals surface area contributed by atoms with Crippen LogP contribution in [0.2, 0.25) is 0 Å². The van der Waals surface area contributed by atoms with Gasteiger partial charge in [0.2, 0.25) is 5.91 Å². The van der Waals surface area contributed by atoms with E-state index in [9.17, 15) is 14.9 Å². The Morgan fingerprint density at radius 2 is 2.00 bits per heavy atom. The molecule has 228 valence electrons. The molecule has 0 saturated carbocycles. The molecule has 2 aromatic heterocycles. The SMILES string of the molecule is C=CC(=O)N1CCN(c2nc(=O)n3c4c(c(-c5ccc(F)c6sc(NC)c(C#N)c56)c(C(F)(F)F)cc24)SCC3CC)CC1. The monoisotopic (exact) mass is 642 g/mol. The standard InChI is InChI=1S/C30H26F4N6O2S2/c1-4-15-14-43-26-23(16-6-7-20(31)25-22(16)18(13-35)28(36-3)44-25)19(30(32,33)34)12-17-24(26)40(15)29(42)37-27(17)39-10-8-38(9-11-39)21(41)5-2/h5-7,12,15,36H,2,4,8-11,14H2,1,3H3. The van der Waals surface area contributed by atoms with Crippen molar-refractivity contribution in [3.8, 4) is 17.2 Å². The number of amides is 1. The molecule has 0 aliphatic carbocycles. The molecule has 4 heterocycles. The first-order valence-electron chi connectivity index (χ1n) is 13.9. The molecule has 1 atom stereocenters. The lowest BCUT2D eigenvalue weighted by Gasteiger charge is -2.36. The second-order valence-electron chi connectivity index (χ2n) is 10.5. The first-order valence-corrected chi connectivity index (χ1v) is 15.7. The van der Waals surface area contributed by atoms with Crippen LogP contribution in [-0.4, -0.2) is 59.3 Å². The predicted molar refractivity (Wildman–Crippen MR) is 165 cm³/mol. The number of aromatic nitrogens is 2. The largest absolute Gasteiger partial charge is 0.417 e. The molecular weight excluding hydrogens is 616 g/mol. The van der Waals surface area contributed by atoms with Gasteiger partial charge in [0.05, 0.1) is 21.3 Å². The Balaban J connectivity index is 1.70. The normalized spacial score (nSPS) is 16.8. The van der Waals surface area contributed by atoms with Gasteiger partial charge in [0, 0.05) is 66.3 Å². The number of thioether (sulfide) groups is 1. The first-order chi connectivity index (χ1) is 21.0. The lowest BCUT2D eigenvalue weighted by Crippen LogP contribution is -2.49. The van der Waals surface area contributed by atoms with E-state index < -0.39 is 23.2 Å². The van der Waals surface area contributed by atoms with E-state index in [0.717, 1.165) is 23.5 Å². The highest BCUT2D eigenvalue weighted by Crippen LogP contribution is 2.53. The summed E-state index contributed by atoms with van der Waals surface area (Å²) >= 11 is 2.18. The molecule has 1 N–H and O–H groups in total. The molecule has 1 amide bonds. The molecule has 1 fully saturated rings. The summed E-state index contributed by atoms with van der Waals surface area (Å²) in [6.45, 7) is 6.51. The van der Waals surface area contributed by atoms with Crippen LogP contribution >= 0.6 is 23.1 Å². The van der Waals surface area contributed by atoms with Crippen LogP contribution in [-0.2, 0) is 11.0 Å². The van der Waals surface area contributed by atoms with E-state index in [1.807, 2.05) is 13.0 Å². The summed E-state index contributed by atoms with van der Waals surface area (Å²) in [4.78, 5) is 33.7. The van der Waals surface area contributed by atoms with Crippen LogP contribution in [0.4, 0.5) is 28.4 Å². The van der Waals surface area contributed by atoms with Gasteiger partial charge < -0.3 is 15.1 Å². The van der Waals surface area contributed by atoms with Crippen molar-refractivity contribution < 1.29 is 22.4 Å².